The SMILES string of the molecule is COc1cccc2[nH]c(C(=O)N[C@@H](CC(C)(C)C)C(=O)N[C@@H](C[C@@H]3CCCNC3=O)C(N)=O)cc12.COc1cccc2[nH]c(C(=O)N[C@@H](CC(C)(C)C)C(=O)N[C@H](C#N)C[C@@H]3CCCNC3=O)cc12. The van der Waals surface area contributed by atoms with Crippen LogP contribution in [0.1, 0.15) is 114 Å². The molecule has 0 unspecified atom stereocenters. The average molecular weight is 953 g/mol. The van der Waals surface area contributed by atoms with Crippen LogP contribution in [0, 0.1) is 34.0 Å². The minimum Gasteiger partial charge on any atom is -0.496 e. The highest BCUT2D eigenvalue weighted by atomic mass is 16.5. The van der Waals surface area contributed by atoms with E-state index in [1.54, 1.807) is 32.4 Å². The molecule has 2 aromatic carbocycles. The fourth-order valence-electron chi connectivity index (χ4n) is 8.60. The fraction of sp³-hybridized carbons (Fsp3) is 0.520. The Morgan fingerprint density at radius 3 is 1.51 bits per heavy atom. The van der Waals surface area contributed by atoms with E-state index in [0.717, 1.165) is 34.6 Å². The number of carbonyl (C=O) groups excluding carboxylic acids is 7. The van der Waals surface area contributed by atoms with E-state index in [0.29, 0.717) is 56.0 Å². The standard InChI is InChI=1S/C25H35N5O5.C25H33N5O4/c1-25(2,3)13-19(24(34)29-17(21(26)31)11-14-7-6-10-27-22(14)32)30-23(33)18-12-15-16(28-18)8-5-9-20(15)35-4;1-25(2,3)13-20(24(33)28-16(14-26)11-15-7-6-10-27-22(15)31)30-23(32)19-12-17-18(29-19)8-5-9-21(17)34-4/h5,8-9,12,14,17,19,28H,6-7,10-11,13H2,1-4H3,(H2,26,31)(H,27,32)(H,29,34)(H,30,33);5,8-9,12,15-16,20,29H,6-7,10-11,13H2,1-4H3,(H,27,31)(H,28,33)(H,30,32)/t14-,17-,19-;15-,16-,20-/m00/s1. The number of H-pyrrole nitrogens is 2. The molecule has 2 aliphatic heterocycles. The molecule has 6 atom stereocenters. The molecule has 2 fully saturated rings. The molecule has 6 rings (SSSR count). The topological polar surface area (TPSA) is 292 Å². The first-order valence-corrected chi connectivity index (χ1v) is 23.4. The highest BCUT2D eigenvalue weighted by Crippen LogP contribution is 2.29. The van der Waals surface area contributed by atoms with Crippen LogP contribution in [0.4, 0.5) is 0 Å². The van der Waals surface area contributed by atoms with Gasteiger partial charge in [-0.1, -0.05) is 53.7 Å². The smallest absolute Gasteiger partial charge is 0.268 e. The number of aromatic nitrogens is 2. The van der Waals surface area contributed by atoms with Gasteiger partial charge < -0.3 is 57.1 Å². The minimum atomic E-state index is -1.02. The Labute approximate surface area is 402 Å². The van der Waals surface area contributed by atoms with Crippen molar-refractivity contribution in [3.05, 3.63) is 59.9 Å². The van der Waals surface area contributed by atoms with Crippen molar-refractivity contribution < 1.29 is 43.0 Å². The molecule has 2 aromatic heterocycles. The van der Waals surface area contributed by atoms with Gasteiger partial charge in [0.05, 0.1) is 20.3 Å². The van der Waals surface area contributed by atoms with Crippen LogP contribution in [0.2, 0.25) is 0 Å². The molecule has 0 spiro atoms. The van der Waals surface area contributed by atoms with Crippen molar-refractivity contribution in [3.8, 4) is 17.6 Å². The van der Waals surface area contributed by atoms with Gasteiger partial charge in [0.25, 0.3) is 11.8 Å². The molecule has 10 N–H and O–H groups in total. The summed E-state index contributed by atoms with van der Waals surface area (Å²) in [6, 6.07) is 12.7. The van der Waals surface area contributed by atoms with E-state index >= 15 is 0 Å². The molecule has 0 radical (unpaired) electrons. The van der Waals surface area contributed by atoms with Crippen molar-refractivity contribution in [1.82, 2.24) is 41.9 Å². The Balaban J connectivity index is 0.000000258. The minimum absolute atomic E-state index is 0.0884. The number of aromatic amines is 2. The van der Waals surface area contributed by atoms with E-state index in [4.69, 9.17) is 15.2 Å². The van der Waals surface area contributed by atoms with Gasteiger partial charge in [-0.2, -0.15) is 5.26 Å². The number of rotatable bonds is 17. The summed E-state index contributed by atoms with van der Waals surface area (Å²) in [5.41, 5.74) is 7.05. The van der Waals surface area contributed by atoms with E-state index in [-0.39, 0.29) is 47.1 Å². The molecule has 0 saturated carbocycles. The summed E-state index contributed by atoms with van der Waals surface area (Å²) in [6.07, 6.45) is 4.01. The summed E-state index contributed by atoms with van der Waals surface area (Å²) < 4.78 is 10.7. The van der Waals surface area contributed by atoms with E-state index in [1.165, 1.54) is 0 Å². The normalized spacial score (nSPS) is 17.8. The third-order valence-corrected chi connectivity index (χ3v) is 12.0. The molecule has 0 aliphatic carbocycles. The first kappa shape index (κ1) is 52.9. The highest BCUT2D eigenvalue weighted by Gasteiger charge is 2.34. The molecule has 372 valence electrons. The number of nitrogens with one attached hydrogen (secondary N) is 8. The number of hydrogen-bond acceptors (Lipinski definition) is 10. The van der Waals surface area contributed by atoms with Crippen LogP contribution >= 0.6 is 0 Å². The van der Waals surface area contributed by atoms with Gasteiger partial charge in [0.1, 0.15) is 47.1 Å². The summed E-state index contributed by atoms with van der Waals surface area (Å²) in [4.78, 5) is 94.9. The van der Waals surface area contributed by atoms with Gasteiger partial charge >= 0.3 is 0 Å². The van der Waals surface area contributed by atoms with Gasteiger partial charge in [-0.25, -0.2) is 0 Å². The number of amides is 7. The van der Waals surface area contributed by atoms with Gasteiger partial charge in [0, 0.05) is 46.7 Å². The quantitative estimate of drug-likeness (QED) is 0.0726. The molecule has 19 nitrogen and oxygen atoms in total. The van der Waals surface area contributed by atoms with Crippen molar-refractivity contribution in [1.29, 1.82) is 5.26 Å². The summed E-state index contributed by atoms with van der Waals surface area (Å²) >= 11 is 0. The van der Waals surface area contributed by atoms with E-state index in [2.05, 4.69) is 47.9 Å². The molecular formula is C50H68N10O9. The second kappa shape index (κ2) is 23.3. The Kier molecular flexibility index (Phi) is 17.8. The molecule has 69 heavy (non-hydrogen) atoms. The number of ether oxygens (including phenoxy) is 2. The molecule has 19 heteroatoms. The first-order chi connectivity index (χ1) is 32.6. The number of piperidine rings is 2. The Morgan fingerprint density at radius 2 is 1.12 bits per heavy atom. The van der Waals surface area contributed by atoms with E-state index < -0.39 is 59.6 Å². The molecule has 0 bridgehead atoms. The molecule has 2 aliphatic rings. The van der Waals surface area contributed by atoms with Gasteiger partial charge in [-0.3, -0.25) is 33.6 Å². The summed E-state index contributed by atoms with van der Waals surface area (Å²) in [5, 5.41) is 27.7. The van der Waals surface area contributed by atoms with Crippen molar-refractivity contribution >= 4 is 63.2 Å². The third-order valence-electron chi connectivity index (χ3n) is 12.0. The largest absolute Gasteiger partial charge is 0.496 e. The molecule has 7 amide bonds. The summed E-state index contributed by atoms with van der Waals surface area (Å²) in [6.45, 7) is 13.0. The number of primary amides is 1. The molecular weight excluding hydrogens is 885 g/mol. The van der Waals surface area contributed by atoms with Crippen molar-refractivity contribution in [2.45, 2.75) is 117 Å². The highest BCUT2D eigenvalue weighted by molar-refractivity contribution is 6.03. The van der Waals surface area contributed by atoms with Gasteiger partial charge in [-0.05, 0) is 98.6 Å². The third kappa shape index (κ3) is 14.9. The molecule has 4 aromatic rings. The Morgan fingerprint density at radius 1 is 0.681 bits per heavy atom. The van der Waals surface area contributed by atoms with Crippen LogP contribution in [0.25, 0.3) is 21.8 Å². The lowest BCUT2D eigenvalue weighted by Gasteiger charge is -2.29. The maximum atomic E-state index is 13.2. The zero-order valence-corrected chi connectivity index (χ0v) is 40.9. The lowest BCUT2D eigenvalue weighted by molar-refractivity contribution is -0.131. The number of fused-ring (bicyclic) bond motifs is 2. The zero-order valence-electron chi connectivity index (χ0n) is 40.9. The predicted octanol–water partition coefficient (Wildman–Crippen LogP) is 4.23. The van der Waals surface area contributed by atoms with Gasteiger partial charge in [0.15, 0.2) is 0 Å². The molecule has 2 saturated heterocycles. The zero-order chi connectivity index (χ0) is 50.6. The second-order valence-electron chi connectivity index (χ2n) is 20.2. The first-order valence-electron chi connectivity index (χ1n) is 23.4. The number of nitrogens with two attached hydrogens (primary N) is 1. The number of carbonyl (C=O) groups is 7. The van der Waals surface area contributed by atoms with Crippen LogP contribution in [-0.2, 0) is 24.0 Å². The van der Waals surface area contributed by atoms with E-state index in [1.807, 2.05) is 71.9 Å². The molecule has 4 heterocycles. The van der Waals surface area contributed by atoms with E-state index in [9.17, 15) is 38.8 Å². The lowest BCUT2D eigenvalue weighted by Crippen LogP contribution is -2.55. The number of methoxy groups -OCH3 is 2. The number of nitriles is 1. The van der Waals surface area contributed by atoms with Crippen LogP contribution in [0.5, 0.6) is 11.5 Å². The van der Waals surface area contributed by atoms with Crippen LogP contribution in [0.3, 0.4) is 0 Å². The number of benzene rings is 2. The van der Waals surface area contributed by atoms with Crippen molar-refractivity contribution in [2.75, 3.05) is 27.3 Å². The fourth-order valence-corrected chi connectivity index (χ4v) is 8.60. The number of nitrogens with zero attached hydrogens (tertiary/aromatic N) is 1. The summed E-state index contributed by atoms with van der Waals surface area (Å²) in [7, 11) is 3.12. The average Bonchev–Trinajstić information content (AvgIpc) is 3.94. The van der Waals surface area contributed by atoms with Crippen LogP contribution < -0.4 is 47.1 Å². The number of hydrogen-bond donors (Lipinski definition) is 9. The maximum absolute atomic E-state index is 13.2. The Bertz CT molecular complexity index is 2550. The van der Waals surface area contributed by atoms with Gasteiger partial charge in [-0.15, -0.1) is 0 Å². The monoisotopic (exact) mass is 953 g/mol. The van der Waals surface area contributed by atoms with Crippen molar-refractivity contribution in [3.63, 3.8) is 0 Å². The second-order valence-corrected chi connectivity index (χ2v) is 20.2. The maximum Gasteiger partial charge on any atom is 0.268 e. The lowest BCUT2D eigenvalue weighted by atomic mass is 9.87. The summed E-state index contributed by atoms with van der Waals surface area (Å²) in [5.74, 6) is -2.27. The Hall–Kier alpha value is -7.10. The van der Waals surface area contributed by atoms with Crippen LogP contribution in [0.15, 0.2) is 48.5 Å². The van der Waals surface area contributed by atoms with Gasteiger partial charge in [0.2, 0.25) is 29.5 Å². The van der Waals surface area contributed by atoms with Crippen molar-refractivity contribution in [2.24, 2.45) is 28.4 Å². The van der Waals surface area contributed by atoms with Crippen LogP contribution in [-0.4, -0.2) is 103 Å². The predicted molar refractivity (Wildman–Crippen MR) is 260 cm³/mol.